The maximum absolute atomic E-state index is 11.3. The van der Waals surface area contributed by atoms with Gasteiger partial charge in [0.2, 0.25) is 0 Å². The number of nitriles is 1. The molecule has 2 bridgehead atoms. The molecule has 0 radical (unpaired) electrons. The highest BCUT2D eigenvalue weighted by Gasteiger charge is 2.50. The fourth-order valence-corrected chi connectivity index (χ4v) is 3.65. The van der Waals surface area contributed by atoms with Gasteiger partial charge in [-0.15, -0.1) is 0 Å². The summed E-state index contributed by atoms with van der Waals surface area (Å²) in [5.74, 6) is -1.35. The molecule has 3 rings (SSSR count). The summed E-state index contributed by atoms with van der Waals surface area (Å²) in [6.07, 6.45) is 2.06. The molecule has 0 amide bonds. The van der Waals surface area contributed by atoms with E-state index in [4.69, 9.17) is 5.26 Å². The molecule has 2 saturated heterocycles. The fraction of sp³-hybridized carbons (Fsp3) is 0.429. The minimum atomic E-state index is -0.855. The van der Waals surface area contributed by atoms with Crippen molar-refractivity contribution in [2.45, 2.75) is 31.3 Å². The van der Waals surface area contributed by atoms with Gasteiger partial charge in [-0.1, -0.05) is 6.07 Å². The Balaban J connectivity index is 2.08. The summed E-state index contributed by atoms with van der Waals surface area (Å²) in [4.78, 5) is 23.9. The van der Waals surface area contributed by atoms with E-state index in [-0.39, 0.29) is 23.3 Å². The van der Waals surface area contributed by atoms with Crippen LogP contribution in [0.2, 0.25) is 0 Å². The smallest absolute Gasteiger partial charge is 0.310 e. The van der Waals surface area contributed by atoms with E-state index in [0.717, 1.165) is 12.8 Å². The van der Waals surface area contributed by atoms with Crippen molar-refractivity contribution in [1.29, 1.82) is 5.26 Å². The monoisotopic (exact) mass is 287 g/mol. The van der Waals surface area contributed by atoms with Crippen molar-refractivity contribution in [3.05, 3.63) is 33.9 Å². The normalized spacial score (nSPS) is 26.6. The fourth-order valence-electron chi connectivity index (χ4n) is 3.65. The zero-order valence-corrected chi connectivity index (χ0v) is 11.1. The number of anilines is 1. The first-order valence-electron chi connectivity index (χ1n) is 6.73. The zero-order valence-electron chi connectivity index (χ0n) is 11.1. The van der Waals surface area contributed by atoms with Crippen molar-refractivity contribution in [3.8, 4) is 6.07 Å². The molecule has 3 unspecified atom stereocenters. The van der Waals surface area contributed by atoms with Crippen molar-refractivity contribution >= 4 is 17.3 Å². The van der Waals surface area contributed by atoms with Crippen LogP contribution in [0.15, 0.2) is 18.2 Å². The summed E-state index contributed by atoms with van der Waals surface area (Å²) in [6.45, 7) is 0. The second kappa shape index (κ2) is 4.74. The van der Waals surface area contributed by atoms with Gasteiger partial charge in [-0.3, -0.25) is 14.9 Å². The maximum Gasteiger partial charge on any atom is 0.310 e. The molecular weight excluding hydrogens is 274 g/mol. The van der Waals surface area contributed by atoms with E-state index in [1.54, 1.807) is 12.1 Å². The van der Waals surface area contributed by atoms with Gasteiger partial charge in [0, 0.05) is 12.1 Å². The Kier molecular flexibility index (Phi) is 3.01. The molecule has 2 aliphatic rings. The summed E-state index contributed by atoms with van der Waals surface area (Å²) in [7, 11) is 0. The van der Waals surface area contributed by atoms with Gasteiger partial charge >= 0.3 is 11.7 Å². The number of carboxylic acid groups (broad SMARTS) is 1. The second-order valence-corrected chi connectivity index (χ2v) is 5.43. The van der Waals surface area contributed by atoms with Gasteiger partial charge in [-0.05, 0) is 31.4 Å². The lowest BCUT2D eigenvalue weighted by Crippen LogP contribution is -2.33. The number of nitrogens with zero attached hydrogens (tertiary/aromatic N) is 3. The van der Waals surface area contributed by atoms with E-state index >= 15 is 0 Å². The van der Waals surface area contributed by atoms with Crippen LogP contribution in [0.25, 0.3) is 0 Å². The number of nitro groups is 1. The minimum Gasteiger partial charge on any atom is -0.481 e. The lowest BCUT2D eigenvalue weighted by Gasteiger charge is -2.25. The molecule has 1 aromatic carbocycles. The third-order valence-corrected chi connectivity index (χ3v) is 4.45. The van der Waals surface area contributed by atoms with Crippen LogP contribution in [0.5, 0.6) is 0 Å². The molecule has 21 heavy (non-hydrogen) atoms. The highest BCUT2D eigenvalue weighted by atomic mass is 16.6. The van der Waals surface area contributed by atoms with E-state index in [0.29, 0.717) is 12.1 Å². The van der Waals surface area contributed by atoms with E-state index < -0.39 is 16.8 Å². The van der Waals surface area contributed by atoms with Crippen LogP contribution in [0.4, 0.5) is 11.4 Å². The third kappa shape index (κ3) is 1.91. The molecule has 7 nitrogen and oxygen atoms in total. The van der Waals surface area contributed by atoms with E-state index in [1.165, 1.54) is 6.07 Å². The SMILES string of the molecule is N#Cc1cccc(N2C3CCC2C(C(=O)O)C3)c1[N+](=O)[O-]. The number of carboxylic acids is 1. The molecule has 2 aliphatic heterocycles. The van der Waals surface area contributed by atoms with Gasteiger partial charge in [-0.25, -0.2) is 0 Å². The molecule has 1 aromatic rings. The number of fused-ring (bicyclic) bond motifs is 2. The number of para-hydroxylation sites is 1. The molecule has 0 aromatic heterocycles. The van der Waals surface area contributed by atoms with E-state index in [1.807, 2.05) is 11.0 Å². The molecule has 0 aliphatic carbocycles. The van der Waals surface area contributed by atoms with Crippen molar-refractivity contribution in [3.63, 3.8) is 0 Å². The van der Waals surface area contributed by atoms with Gasteiger partial charge in [0.1, 0.15) is 17.3 Å². The Morgan fingerprint density at radius 1 is 1.48 bits per heavy atom. The molecule has 7 heteroatoms. The van der Waals surface area contributed by atoms with Crippen LogP contribution in [0.1, 0.15) is 24.8 Å². The lowest BCUT2D eigenvalue weighted by atomic mass is 9.89. The summed E-state index contributed by atoms with van der Waals surface area (Å²) in [6, 6.07) is 6.24. The average molecular weight is 287 g/mol. The predicted molar refractivity (Wildman–Crippen MR) is 72.8 cm³/mol. The number of rotatable bonds is 3. The number of hydrogen-bond donors (Lipinski definition) is 1. The van der Waals surface area contributed by atoms with Gasteiger partial charge in [0.25, 0.3) is 0 Å². The Labute approximate surface area is 120 Å². The van der Waals surface area contributed by atoms with Gasteiger partial charge in [0.05, 0.1) is 10.8 Å². The van der Waals surface area contributed by atoms with Crippen LogP contribution in [0.3, 0.4) is 0 Å². The summed E-state index contributed by atoms with van der Waals surface area (Å²) >= 11 is 0. The molecule has 108 valence electrons. The first-order chi connectivity index (χ1) is 10.0. The van der Waals surface area contributed by atoms with Gasteiger partial charge in [-0.2, -0.15) is 5.26 Å². The maximum atomic E-state index is 11.3. The molecule has 2 heterocycles. The van der Waals surface area contributed by atoms with Crippen molar-refractivity contribution < 1.29 is 14.8 Å². The standard InChI is InChI=1S/C14H13N3O4/c15-7-8-2-1-3-12(13(8)17(20)21)16-9-4-5-11(16)10(6-9)14(18)19/h1-3,9-11H,4-6H2,(H,18,19). The minimum absolute atomic E-state index is 0.00347. The van der Waals surface area contributed by atoms with E-state index in [9.17, 15) is 20.0 Å². The van der Waals surface area contributed by atoms with E-state index in [2.05, 4.69) is 0 Å². The van der Waals surface area contributed by atoms with Crippen molar-refractivity contribution in [2.75, 3.05) is 4.90 Å². The third-order valence-electron chi connectivity index (χ3n) is 4.45. The molecule has 1 N–H and O–H groups in total. The Morgan fingerprint density at radius 2 is 2.24 bits per heavy atom. The van der Waals surface area contributed by atoms with Crippen molar-refractivity contribution in [2.24, 2.45) is 5.92 Å². The number of nitro benzene ring substituents is 1. The summed E-state index contributed by atoms with van der Waals surface area (Å²) in [5.41, 5.74) is 0.161. The molecule has 0 spiro atoms. The van der Waals surface area contributed by atoms with Crippen LogP contribution in [0, 0.1) is 27.4 Å². The molecule has 0 saturated carbocycles. The van der Waals surface area contributed by atoms with Crippen LogP contribution in [-0.2, 0) is 4.79 Å². The quantitative estimate of drug-likeness (QED) is 0.672. The molecule has 2 fully saturated rings. The predicted octanol–water partition coefficient (Wildman–Crippen LogP) is 1.91. The van der Waals surface area contributed by atoms with Crippen LogP contribution < -0.4 is 4.90 Å². The Morgan fingerprint density at radius 3 is 2.81 bits per heavy atom. The molecular formula is C14H13N3O4. The number of carbonyl (C=O) groups is 1. The number of hydrogen-bond acceptors (Lipinski definition) is 5. The zero-order chi connectivity index (χ0) is 15.1. The second-order valence-electron chi connectivity index (χ2n) is 5.43. The largest absolute Gasteiger partial charge is 0.481 e. The topological polar surface area (TPSA) is 107 Å². The van der Waals surface area contributed by atoms with Crippen LogP contribution >= 0.6 is 0 Å². The first kappa shape index (κ1) is 13.4. The highest BCUT2D eigenvalue weighted by Crippen LogP contribution is 2.47. The summed E-state index contributed by atoms with van der Waals surface area (Å²) < 4.78 is 0. The Hall–Kier alpha value is -2.62. The average Bonchev–Trinajstić information content (AvgIpc) is 3.03. The van der Waals surface area contributed by atoms with Crippen molar-refractivity contribution in [1.82, 2.24) is 0 Å². The first-order valence-corrected chi connectivity index (χ1v) is 6.73. The number of aliphatic carboxylic acids is 1. The van der Waals surface area contributed by atoms with Gasteiger partial charge < -0.3 is 10.0 Å². The summed E-state index contributed by atoms with van der Waals surface area (Å²) in [5, 5.41) is 29.6. The van der Waals surface area contributed by atoms with Gasteiger partial charge in [0.15, 0.2) is 0 Å². The number of benzene rings is 1. The lowest BCUT2D eigenvalue weighted by molar-refractivity contribution is -0.384. The van der Waals surface area contributed by atoms with Crippen LogP contribution in [-0.4, -0.2) is 28.1 Å². The highest BCUT2D eigenvalue weighted by molar-refractivity contribution is 5.77. The Bertz CT molecular complexity index is 667. The molecule has 3 atom stereocenters.